The zero-order valence-corrected chi connectivity index (χ0v) is 10.5. The first kappa shape index (κ1) is 12.1. The third kappa shape index (κ3) is 2.07. The fraction of sp³-hybridized carbons (Fsp3) is 0.385. The summed E-state index contributed by atoms with van der Waals surface area (Å²) in [4.78, 5) is 25.3. The van der Waals surface area contributed by atoms with E-state index in [4.69, 9.17) is 11.6 Å². The molecule has 0 fully saturated rings. The maximum absolute atomic E-state index is 12.0. The number of amides is 2. The topological polar surface area (TPSA) is 37.4 Å². The number of imide groups is 1. The van der Waals surface area contributed by atoms with Gasteiger partial charge in [-0.25, -0.2) is 0 Å². The first-order valence-electron chi connectivity index (χ1n) is 5.81. The Hall–Kier alpha value is -1.35. The number of fused-ring (bicyclic) bond motifs is 1. The van der Waals surface area contributed by atoms with Crippen LogP contribution >= 0.6 is 11.6 Å². The number of nitrogens with zero attached hydrogens (tertiary/aromatic N) is 1. The number of unbranched alkanes of at least 4 members (excludes halogenated alkanes) is 2. The molecule has 3 nitrogen and oxygen atoms in total. The molecule has 0 spiro atoms. The van der Waals surface area contributed by atoms with E-state index in [0.29, 0.717) is 22.7 Å². The van der Waals surface area contributed by atoms with Crippen molar-refractivity contribution < 1.29 is 9.59 Å². The van der Waals surface area contributed by atoms with Gasteiger partial charge in [-0.15, -0.1) is 0 Å². The number of benzene rings is 1. The van der Waals surface area contributed by atoms with Gasteiger partial charge in [0.15, 0.2) is 0 Å². The molecule has 0 radical (unpaired) electrons. The average molecular weight is 252 g/mol. The second kappa shape index (κ2) is 4.88. The van der Waals surface area contributed by atoms with Crippen molar-refractivity contribution in [2.75, 3.05) is 6.54 Å². The monoisotopic (exact) mass is 251 g/mol. The minimum atomic E-state index is -0.258. The van der Waals surface area contributed by atoms with E-state index in [1.807, 2.05) is 0 Å². The molecule has 0 aliphatic carbocycles. The highest BCUT2D eigenvalue weighted by Gasteiger charge is 2.36. The van der Waals surface area contributed by atoms with Gasteiger partial charge in [0.1, 0.15) is 0 Å². The van der Waals surface area contributed by atoms with Gasteiger partial charge < -0.3 is 0 Å². The molecule has 90 valence electrons. The lowest BCUT2D eigenvalue weighted by Gasteiger charge is -2.12. The highest BCUT2D eigenvalue weighted by Crippen LogP contribution is 2.29. The number of carbonyl (C=O) groups excluding carboxylic acids is 2. The summed E-state index contributed by atoms with van der Waals surface area (Å²) in [5, 5.41) is 0.360. The van der Waals surface area contributed by atoms with Crippen molar-refractivity contribution in [3.8, 4) is 0 Å². The van der Waals surface area contributed by atoms with E-state index in [-0.39, 0.29) is 11.8 Å². The van der Waals surface area contributed by atoms with Gasteiger partial charge in [0.2, 0.25) is 0 Å². The lowest BCUT2D eigenvalue weighted by Crippen LogP contribution is -2.30. The minimum Gasteiger partial charge on any atom is -0.274 e. The fourth-order valence-corrected chi connectivity index (χ4v) is 2.27. The van der Waals surface area contributed by atoms with E-state index in [0.717, 1.165) is 19.3 Å². The third-order valence-electron chi connectivity index (χ3n) is 2.93. The molecule has 1 aromatic rings. The predicted molar refractivity (Wildman–Crippen MR) is 66.3 cm³/mol. The Morgan fingerprint density at radius 2 is 1.94 bits per heavy atom. The Morgan fingerprint density at radius 3 is 2.59 bits per heavy atom. The molecular formula is C13H14ClNO2. The van der Waals surface area contributed by atoms with Crippen molar-refractivity contribution in [3.63, 3.8) is 0 Å². The van der Waals surface area contributed by atoms with Crippen LogP contribution in [-0.2, 0) is 0 Å². The summed E-state index contributed by atoms with van der Waals surface area (Å²) in [5.41, 5.74) is 0.787. The summed E-state index contributed by atoms with van der Waals surface area (Å²) < 4.78 is 0. The minimum absolute atomic E-state index is 0.219. The van der Waals surface area contributed by atoms with E-state index in [1.165, 1.54) is 4.90 Å². The molecule has 0 aromatic heterocycles. The highest BCUT2D eigenvalue weighted by atomic mass is 35.5. The van der Waals surface area contributed by atoms with Gasteiger partial charge in [-0.05, 0) is 18.6 Å². The standard InChI is InChI=1S/C13H14ClNO2/c1-2-3-4-8-15-12(16)9-6-5-7-10(14)11(9)13(15)17/h5-7H,2-4,8H2,1H3. The summed E-state index contributed by atoms with van der Waals surface area (Å²) in [6.45, 7) is 2.57. The highest BCUT2D eigenvalue weighted by molar-refractivity contribution is 6.37. The average Bonchev–Trinajstić information content (AvgIpc) is 2.55. The van der Waals surface area contributed by atoms with Crippen molar-refractivity contribution in [1.82, 2.24) is 4.90 Å². The molecule has 0 bridgehead atoms. The quantitative estimate of drug-likeness (QED) is 0.609. The van der Waals surface area contributed by atoms with Gasteiger partial charge in [-0.3, -0.25) is 14.5 Å². The Bertz CT molecular complexity index is 470. The number of hydrogen-bond donors (Lipinski definition) is 0. The molecule has 2 amide bonds. The van der Waals surface area contributed by atoms with Gasteiger partial charge in [0.05, 0.1) is 16.1 Å². The fourth-order valence-electron chi connectivity index (χ4n) is 2.02. The van der Waals surface area contributed by atoms with E-state index in [9.17, 15) is 9.59 Å². The SMILES string of the molecule is CCCCCN1C(=O)c2cccc(Cl)c2C1=O. The molecule has 2 rings (SSSR count). The maximum Gasteiger partial charge on any atom is 0.263 e. The number of carbonyl (C=O) groups is 2. The van der Waals surface area contributed by atoms with Crippen molar-refractivity contribution in [2.24, 2.45) is 0 Å². The van der Waals surface area contributed by atoms with Gasteiger partial charge in [0, 0.05) is 6.54 Å². The van der Waals surface area contributed by atoms with Crippen LogP contribution in [0.2, 0.25) is 5.02 Å². The van der Waals surface area contributed by atoms with E-state index in [1.54, 1.807) is 18.2 Å². The summed E-state index contributed by atoms with van der Waals surface area (Å²) in [7, 11) is 0. The van der Waals surface area contributed by atoms with Crippen LogP contribution in [-0.4, -0.2) is 23.3 Å². The van der Waals surface area contributed by atoms with Crippen LogP contribution in [0.25, 0.3) is 0 Å². The van der Waals surface area contributed by atoms with Gasteiger partial charge in [-0.2, -0.15) is 0 Å². The van der Waals surface area contributed by atoms with Crippen molar-refractivity contribution in [3.05, 3.63) is 34.3 Å². The predicted octanol–water partition coefficient (Wildman–Crippen LogP) is 3.13. The van der Waals surface area contributed by atoms with E-state index >= 15 is 0 Å². The molecule has 0 saturated carbocycles. The zero-order chi connectivity index (χ0) is 12.4. The number of hydrogen-bond acceptors (Lipinski definition) is 2. The van der Waals surface area contributed by atoms with Crippen LogP contribution in [0.4, 0.5) is 0 Å². The van der Waals surface area contributed by atoms with Crippen molar-refractivity contribution in [2.45, 2.75) is 26.2 Å². The summed E-state index contributed by atoms with van der Waals surface area (Å²) in [6, 6.07) is 4.99. The molecule has 4 heteroatoms. The first-order valence-corrected chi connectivity index (χ1v) is 6.19. The Kier molecular flexibility index (Phi) is 3.48. The third-order valence-corrected chi connectivity index (χ3v) is 3.25. The lowest BCUT2D eigenvalue weighted by atomic mass is 10.1. The van der Waals surface area contributed by atoms with Gasteiger partial charge in [0.25, 0.3) is 11.8 Å². The van der Waals surface area contributed by atoms with Crippen LogP contribution in [0.1, 0.15) is 46.9 Å². The molecule has 1 aromatic carbocycles. The Morgan fingerprint density at radius 1 is 1.18 bits per heavy atom. The van der Waals surface area contributed by atoms with E-state index in [2.05, 4.69) is 6.92 Å². The smallest absolute Gasteiger partial charge is 0.263 e. The molecule has 0 atom stereocenters. The molecule has 0 saturated heterocycles. The molecule has 17 heavy (non-hydrogen) atoms. The second-order valence-corrected chi connectivity index (χ2v) is 4.54. The van der Waals surface area contributed by atoms with Crippen LogP contribution in [0, 0.1) is 0 Å². The normalized spacial score (nSPS) is 14.4. The summed E-state index contributed by atoms with van der Waals surface area (Å²) >= 11 is 5.96. The summed E-state index contributed by atoms with van der Waals surface area (Å²) in [5.74, 6) is -0.477. The van der Waals surface area contributed by atoms with Crippen molar-refractivity contribution >= 4 is 23.4 Å². The molecular weight excluding hydrogens is 238 g/mol. The molecule has 0 N–H and O–H groups in total. The second-order valence-electron chi connectivity index (χ2n) is 4.13. The summed E-state index contributed by atoms with van der Waals surface area (Å²) in [6.07, 6.45) is 2.92. The maximum atomic E-state index is 12.0. The zero-order valence-electron chi connectivity index (χ0n) is 9.70. The molecule has 1 aliphatic rings. The Balaban J connectivity index is 2.24. The van der Waals surface area contributed by atoms with Crippen molar-refractivity contribution in [1.29, 1.82) is 0 Å². The first-order chi connectivity index (χ1) is 8.16. The largest absolute Gasteiger partial charge is 0.274 e. The molecule has 0 unspecified atom stereocenters. The van der Waals surface area contributed by atoms with Gasteiger partial charge in [-0.1, -0.05) is 37.4 Å². The van der Waals surface area contributed by atoms with Crippen LogP contribution in [0.3, 0.4) is 0 Å². The van der Waals surface area contributed by atoms with Crippen LogP contribution in [0.5, 0.6) is 0 Å². The Labute approximate surface area is 105 Å². The van der Waals surface area contributed by atoms with Crippen LogP contribution < -0.4 is 0 Å². The lowest BCUT2D eigenvalue weighted by molar-refractivity contribution is 0.0651. The molecule has 1 heterocycles. The number of halogens is 1. The number of rotatable bonds is 4. The van der Waals surface area contributed by atoms with Crippen LogP contribution in [0.15, 0.2) is 18.2 Å². The van der Waals surface area contributed by atoms with Gasteiger partial charge >= 0.3 is 0 Å². The van der Waals surface area contributed by atoms with E-state index < -0.39 is 0 Å². The molecule has 1 aliphatic heterocycles.